The van der Waals surface area contributed by atoms with Crippen molar-refractivity contribution in [2.24, 2.45) is 0 Å². The zero-order valence-corrected chi connectivity index (χ0v) is 18.3. The number of nitrogens with one attached hydrogen (secondary N) is 1. The maximum Gasteiger partial charge on any atom is 0.211 e. The van der Waals surface area contributed by atoms with Crippen molar-refractivity contribution in [1.29, 1.82) is 0 Å². The lowest BCUT2D eigenvalue weighted by Gasteiger charge is -2.05. The maximum absolute atomic E-state index is 5.11. The van der Waals surface area contributed by atoms with Crippen LogP contribution in [0.4, 0.5) is 10.9 Å². The van der Waals surface area contributed by atoms with E-state index in [1.807, 2.05) is 41.5 Å². The third-order valence-electron chi connectivity index (χ3n) is 5.62. The molecule has 1 N–H and O–H groups in total. The van der Waals surface area contributed by atoms with E-state index >= 15 is 0 Å². The van der Waals surface area contributed by atoms with Crippen LogP contribution in [0.5, 0.6) is 0 Å². The molecule has 1 fully saturated rings. The van der Waals surface area contributed by atoms with Crippen molar-refractivity contribution in [3.05, 3.63) is 41.8 Å². The topological polar surface area (TPSA) is 90.6 Å². The van der Waals surface area contributed by atoms with E-state index in [0.29, 0.717) is 5.92 Å². The molecule has 0 atom stereocenters. The van der Waals surface area contributed by atoms with Crippen molar-refractivity contribution in [2.75, 3.05) is 19.0 Å². The highest BCUT2D eigenvalue weighted by Gasteiger charge is 2.21. The van der Waals surface area contributed by atoms with E-state index in [0.717, 1.165) is 57.7 Å². The summed E-state index contributed by atoms with van der Waals surface area (Å²) in [6.07, 6.45) is 11.7. The number of pyridine rings is 2. The number of methoxy groups -OCH3 is 1. The summed E-state index contributed by atoms with van der Waals surface area (Å²) in [6, 6.07) is 5.95. The number of aromatic nitrogens is 6. The summed E-state index contributed by atoms with van der Waals surface area (Å²) in [5.41, 5.74) is 3.70. The van der Waals surface area contributed by atoms with Gasteiger partial charge in [0.1, 0.15) is 10.8 Å². The molecule has 4 aromatic heterocycles. The third kappa shape index (κ3) is 4.57. The number of fused-ring (bicyclic) bond motifs is 1. The first-order chi connectivity index (χ1) is 15.3. The number of ether oxygens (including phenoxy) is 1. The van der Waals surface area contributed by atoms with Crippen molar-refractivity contribution in [3.8, 4) is 11.1 Å². The first-order valence-corrected chi connectivity index (χ1v) is 11.5. The number of aryl methyl sites for hydroxylation is 1. The predicted molar refractivity (Wildman–Crippen MR) is 122 cm³/mol. The second-order valence-corrected chi connectivity index (χ2v) is 8.86. The van der Waals surface area contributed by atoms with Gasteiger partial charge in [0.15, 0.2) is 0 Å². The second-order valence-electron chi connectivity index (χ2n) is 7.85. The molecule has 0 bridgehead atoms. The number of nitrogens with zero attached hydrogens (tertiary/aromatic N) is 6. The van der Waals surface area contributed by atoms with Crippen molar-refractivity contribution in [3.63, 3.8) is 0 Å². The Kier molecular flexibility index (Phi) is 5.86. The highest BCUT2D eigenvalue weighted by atomic mass is 32.1. The van der Waals surface area contributed by atoms with Crippen LogP contribution in [-0.4, -0.2) is 43.7 Å². The molecule has 0 amide bonds. The quantitative estimate of drug-likeness (QED) is 0.398. The lowest BCUT2D eigenvalue weighted by Crippen LogP contribution is -2.01. The Morgan fingerprint density at radius 1 is 1.13 bits per heavy atom. The minimum atomic E-state index is 0.569. The predicted octanol–water partition coefficient (Wildman–Crippen LogP) is 4.78. The van der Waals surface area contributed by atoms with Crippen molar-refractivity contribution >= 4 is 33.3 Å². The van der Waals surface area contributed by atoms with Gasteiger partial charge in [0.2, 0.25) is 5.13 Å². The van der Waals surface area contributed by atoms with Gasteiger partial charge in [-0.25, -0.2) is 4.98 Å². The lowest BCUT2D eigenvalue weighted by atomic mass is 10.1. The Morgan fingerprint density at radius 3 is 2.90 bits per heavy atom. The fourth-order valence-corrected chi connectivity index (χ4v) is 4.89. The molecular weight excluding hydrogens is 410 g/mol. The number of hydrogen-bond acceptors (Lipinski definition) is 8. The molecule has 31 heavy (non-hydrogen) atoms. The summed E-state index contributed by atoms with van der Waals surface area (Å²) in [5.74, 6) is 1.32. The monoisotopic (exact) mass is 435 g/mol. The Hall–Kier alpha value is -2.91. The molecule has 1 saturated carbocycles. The third-order valence-corrected chi connectivity index (χ3v) is 6.62. The zero-order valence-electron chi connectivity index (χ0n) is 17.5. The van der Waals surface area contributed by atoms with E-state index in [1.54, 1.807) is 18.4 Å². The molecule has 1 aliphatic rings. The minimum Gasteiger partial charge on any atom is -0.385 e. The Bertz CT molecular complexity index is 1170. The van der Waals surface area contributed by atoms with Crippen LogP contribution in [0.25, 0.3) is 22.2 Å². The zero-order chi connectivity index (χ0) is 21.0. The molecule has 4 aromatic rings. The van der Waals surface area contributed by atoms with Gasteiger partial charge >= 0.3 is 0 Å². The minimum absolute atomic E-state index is 0.569. The van der Waals surface area contributed by atoms with Gasteiger partial charge in [-0.3, -0.25) is 9.67 Å². The standard InChI is InChI=1S/C22H25N7OS/c1-30-10-4-9-29-14-17(13-24-29)16-11-19-18(23-12-16)7-8-20(25-19)26-22-28-27-21(31-22)15-5-2-3-6-15/h7-8,11-15H,2-6,9-10H2,1H3,(H,25,26,28). The van der Waals surface area contributed by atoms with E-state index in [1.165, 1.54) is 25.7 Å². The smallest absolute Gasteiger partial charge is 0.211 e. The van der Waals surface area contributed by atoms with E-state index in [9.17, 15) is 0 Å². The first-order valence-electron chi connectivity index (χ1n) is 10.7. The van der Waals surface area contributed by atoms with Crippen LogP contribution in [0.2, 0.25) is 0 Å². The summed E-state index contributed by atoms with van der Waals surface area (Å²) in [4.78, 5) is 9.33. The largest absolute Gasteiger partial charge is 0.385 e. The summed E-state index contributed by atoms with van der Waals surface area (Å²) in [5, 5.41) is 18.4. The first kappa shape index (κ1) is 20.0. The molecule has 9 heteroatoms. The van der Waals surface area contributed by atoms with Crippen LogP contribution in [0, 0.1) is 0 Å². The fraction of sp³-hybridized carbons (Fsp3) is 0.409. The summed E-state index contributed by atoms with van der Waals surface area (Å²) < 4.78 is 7.04. The molecule has 4 heterocycles. The molecule has 8 nitrogen and oxygen atoms in total. The summed E-state index contributed by atoms with van der Waals surface area (Å²) in [6.45, 7) is 1.55. The fourth-order valence-electron chi connectivity index (χ4n) is 3.97. The van der Waals surface area contributed by atoms with Gasteiger partial charge in [-0.15, -0.1) is 10.2 Å². The van der Waals surface area contributed by atoms with Crippen molar-refractivity contribution < 1.29 is 4.74 Å². The van der Waals surface area contributed by atoms with Gasteiger partial charge in [0, 0.05) is 49.7 Å². The van der Waals surface area contributed by atoms with Gasteiger partial charge < -0.3 is 10.1 Å². The molecule has 1 aliphatic carbocycles. The SMILES string of the molecule is COCCCn1cc(-c2cnc3ccc(Nc4nnc(C5CCCC5)s4)nc3c2)cn1. The molecular formula is C22H25N7OS. The average molecular weight is 436 g/mol. The number of hydrogen-bond donors (Lipinski definition) is 1. The molecule has 0 radical (unpaired) electrons. The van der Waals surface area contributed by atoms with Gasteiger partial charge in [-0.05, 0) is 37.5 Å². The molecule has 0 saturated heterocycles. The molecule has 0 unspecified atom stereocenters. The molecule has 160 valence electrons. The Labute approximate surface area is 184 Å². The van der Waals surface area contributed by atoms with E-state index in [4.69, 9.17) is 9.72 Å². The van der Waals surface area contributed by atoms with E-state index in [-0.39, 0.29) is 0 Å². The molecule has 0 aliphatic heterocycles. The Balaban J connectivity index is 1.33. The molecule has 5 rings (SSSR count). The maximum atomic E-state index is 5.11. The van der Waals surface area contributed by atoms with Crippen molar-refractivity contribution in [2.45, 2.75) is 44.6 Å². The summed E-state index contributed by atoms with van der Waals surface area (Å²) in [7, 11) is 1.71. The van der Waals surface area contributed by atoms with Crippen LogP contribution < -0.4 is 5.32 Å². The number of rotatable bonds is 8. The van der Waals surface area contributed by atoms with Crippen LogP contribution in [0.3, 0.4) is 0 Å². The number of anilines is 2. The lowest BCUT2D eigenvalue weighted by molar-refractivity contribution is 0.189. The van der Waals surface area contributed by atoms with Crippen LogP contribution in [0.1, 0.15) is 43.0 Å². The molecule has 0 spiro atoms. The normalized spacial score (nSPS) is 14.5. The van der Waals surface area contributed by atoms with Gasteiger partial charge in [-0.2, -0.15) is 5.10 Å². The van der Waals surface area contributed by atoms with Crippen molar-refractivity contribution in [1.82, 2.24) is 29.9 Å². The second kappa shape index (κ2) is 9.07. The van der Waals surface area contributed by atoms with Gasteiger partial charge in [0.25, 0.3) is 0 Å². The Morgan fingerprint density at radius 2 is 2.03 bits per heavy atom. The van der Waals surface area contributed by atoms with Crippen LogP contribution in [-0.2, 0) is 11.3 Å². The summed E-state index contributed by atoms with van der Waals surface area (Å²) >= 11 is 1.63. The highest BCUT2D eigenvalue weighted by molar-refractivity contribution is 7.15. The van der Waals surface area contributed by atoms with Gasteiger partial charge in [-0.1, -0.05) is 24.2 Å². The highest BCUT2D eigenvalue weighted by Crippen LogP contribution is 2.37. The van der Waals surface area contributed by atoms with Crippen LogP contribution >= 0.6 is 11.3 Å². The van der Waals surface area contributed by atoms with Crippen LogP contribution in [0.15, 0.2) is 36.8 Å². The average Bonchev–Trinajstić information content (AvgIpc) is 3.55. The van der Waals surface area contributed by atoms with E-state index in [2.05, 4.69) is 25.6 Å². The molecule has 0 aromatic carbocycles. The van der Waals surface area contributed by atoms with E-state index < -0.39 is 0 Å². The van der Waals surface area contributed by atoms with Gasteiger partial charge in [0.05, 0.1) is 17.2 Å².